The van der Waals surface area contributed by atoms with E-state index in [1.807, 2.05) is 6.20 Å². The lowest BCUT2D eigenvalue weighted by atomic mass is 9.84. The normalized spacial score (nSPS) is 20.5. The van der Waals surface area contributed by atoms with Gasteiger partial charge in [0.25, 0.3) is 0 Å². The van der Waals surface area contributed by atoms with E-state index >= 15 is 0 Å². The molecule has 1 amide bonds. The fraction of sp³-hybridized carbons (Fsp3) is 0.667. The molecule has 1 saturated carbocycles. The van der Waals surface area contributed by atoms with Crippen molar-refractivity contribution in [2.45, 2.75) is 32.1 Å². The molecule has 0 bridgehead atoms. The molecule has 3 rings (SSSR count). The largest absolute Gasteiger partial charge is 0.356 e. The van der Waals surface area contributed by atoms with Gasteiger partial charge in [0, 0.05) is 37.9 Å². The van der Waals surface area contributed by atoms with E-state index < -0.39 is 0 Å². The van der Waals surface area contributed by atoms with Crippen LogP contribution in [0.25, 0.3) is 0 Å². The van der Waals surface area contributed by atoms with Crippen LogP contribution in [0.1, 0.15) is 32.1 Å². The van der Waals surface area contributed by atoms with Crippen molar-refractivity contribution in [3.8, 4) is 0 Å². The Morgan fingerprint density at radius 1 is 1.25 bits per heavy atom. The quantitative estimate of drug-likeness (QED) is 0.906. The molecule has 2 heterocycles. The van der Waals surface area contributed by atoms with Crippen LogP contribution in [0.15, 0.2) is 18.6 Å². The van der Waals surface area contributed by atoms with Crippen LogP contribution in [0.4, 0.5) is 5.82 Å². The van der Waals surface area contributed by atoms with Crippen LogP contribution in [0.5, 0.6) is 0 Å². The predicted octanol–water partition coefficient (Wildman–Crippen LogP) is 1.61. The zero-order chi connectivity index (χ0) is 13.8. The molecule has 0 radical (unpaired) electrons. The molecule has 5 nitrogen and oxygen atoms in total. The zero-order valence-corrected chi connectivity index (χ0v) is 11.8. The monoisotopic (exact) mass is 274 g/mol. The highest BCUT2D eigenvalue weighted by Gasteiger charge is 2.26. The zero-order valence-electron chi connectivity index (χ0n) is 11.8. The molecule has 1 N–H and O–H groups in total. The summed E-state index contributed by atoms with van der Waals surface area (Å²) in [7, 11) is 0. The van der Waals surface area contributed by atoms with Gasteiger partial charge >= 0.3 is 0 Å². The molecule has 2 fully saturated rings. The summed E-state index contributed by atoms with van der Waals surface area (Å²) in [6, 6.07) is 0. The van der Waals surface area contributed by atoms with Gasteiger partial charge < -0.3 is 10.2 Å². The van der Waals surface area contributed by atoms with Crippen LogP contribution in [0, 0.1) is 11.8 Å². The highest BCUT2D eigenvalue weighted by molar-refractivity contribution is 5.79. The van der Waals surface area contributed by atoms with Gasteiger partial charge in [-0.25, -0.2) is 4.98 Å². The topological polar surface area (TPSA) is 58.1 Å². The van der Waals surface area contributed by atoms with Crippen LogP contribution in [-0.4, -0.2) is 35.5 Å². The van der Waals surface area contributed by atoms with Crippen molar-refractivity contribution >= 4 is 11.7 Å². The maximum atomic E-state index is 11.8. The fourth-order valence-electron chi connectivity index (χ4n) is 2.88. The number of nitrogens with one attached hydrogen (secondary N) is 1. The minimum Gasteiger partial charge on any atom is -0.356 e. The Bertz CT molecular complexity index is 438. The first kappa shape index (κ1) is 13.3. The third kappa shape index (κ3) is 3.08. The van der Waals surface area contributed by atoms with E-state index in [-0.39, 0.29) is 5.91 Å². The molecule has 108 valence electrons. The first-order valence-corrected chi connectivity index (χ1v) is 7.61. The summed E-state index contributed by atoms with van der Waals surface area (Å²) >= 11 is 0. The summed E-state index contributed by atoms with van der Waals surface area (Å²) in [4.78, 5) is 22.5. The Hall–Kier alpha value is -1.65. The summed E-state index contributed by atoms with van der Waals surface area (Å²) in [5.41, 5.74) is 0. The van der Waals surface area contributed by atoms with Gasteiger partial charge in [-0.1, -0.05) is 6.42 Å². The highest BCUT2D eigenvalue weighted by atomic mass is 16.1. The van der Waals surface area contributed by atoms with Gasteiger partial charge in [0.1, 0.15) is 5.82 Å². The Morgan fingerprint density at radius 3 is 2.65 bits per heavy atom. The van der Waals surface area contributed by atoms with Gasteiger partial charge in [-0.2, -0.15) is 0 Å². The van der Waals surface area contributed by atoms with E-state index in [0.29, 0.717) is 11.8 Å². The van der Waals surface area contributed by atoms with E-state index in [0.717, 1.165) is 51.1 Å². The third-order valence-electron chi connectivity index (χ3n) is 4.53. The van der Waals surface area contributed by atoms with Gasteiger partial charge in [-0.05, 0) is 31.6 Å². The smallest absolute Gasteiger partial charge is 0.223 e. The second-order valence-corrected chi connectivity index (χ2v) is 5.87. The molecule has 2 aliphatic rings. The second kappa shape index (κ2) is 6.20. The maximum absolute atomic E-state index is 11.8. The number of carbonyl (C=O) groups is 1. The summed E-state index contributed by atoms with van der Waals surface area (Å²) in [6.07, 6.45) is 10.9. The average molecular weight is 274 g/mol. The molecule has 0 aromatic carbocycles. The van der Waals surface area contributed by atoms with E-state index in [9.17, 15) is 4.79 Å². The Labute approximate surface area is 119 Å². The van der Waals surface area contributed by atoms with Crippen molar-refractivity contribution in [3.05, 3.63) is 18.6 Å². The average Bonchev–Trinajstić information content (AvgIpc) is 2.45. The highest BCUT2D eigenvalue weighted by Crippen LogP contribution is 2.26. The number of aromatic nitrogens is 2. The number of carbonyl (C=O) groups excluding carboxylic acids is 1. The minimum atomic E-state index is 0.271. The van der Waals surface area contributed by atoms with Crippen molar-refractivity contribution in [1.82, 2.24) is 15.3 Å². The molecular formula is C15H22N4O. The molecule has 1 aliphatic heterocycles. The number of hydrogen-bond donors (Lipinski definition) is 1. The number of amides is 1. The fourth-order valence-corrected chi connectivity index (χ4v) is 2.88. The van der Waals surface area contributed by atoms with E-state index in [4.69, 9.17) is 0 Å². The number of nitrogens with zero attached hydrogens (tertiary/aromatic N) is 3. The van der Waals surface area contributed by atoms with Crippen molar-refractivity contribution in [3.63, 3.8) is 0 Å². The standard InChI is InChI=1S/C15H22N4O/c20-15(13-2-1-3-13)18-10-12-4-8-19(9-5-12)14-11-16-6-7-17-14/h6-7,11-13H,1-5,8-10H2,(H,18,20). The maximum Gasteiger partial charge on any atom is 0.223 e. The molecule has 0 unspecified atom stereocenters. The van der Waals surface area contributed by atoms with E-state index in [2.05, 4.69) is 20.2 Å². The lowest BCUT2D eigenvalue weighted by molar-refractivity contribution is -0.127. The molecule has 1 aromatic rings. The third-order valence-corrected chi connectivity index (χ3v) is 4.53. The molecule has 1 aliphatic carbocycles. The molecule has 5 heteroatoms. The Kier molecular flexibility index (Phi) is 4.14. The lowest BCUT2D eigenvalue weighted by Gasteiger charge is -2.33. The Morgan fingerprint density at radius 2 is 2.05 bits per heavy atom. The van der Waals surface area contributed by atoms with Crippen LogP contribution < -0.4 is 10.2 Å². The summed E-state index contributed by atoms with van der Waals surface area (Å²) in [6.45, 7) is 2.84. The van der Waals surface area contributed by atoms with Gasteiger partial charge in [0.15, 0.2) is 0 Å². The van der Waals surface area contributed by atoms with Gasteiger partial charge in [-0.15, -0.1) is 0 Å². The number of hydrogen-bond acceptors (Lipinski definition) is 4. The first-order valence-electron chi connectivity index (χ1n) is 7.61. The lowest BCUT2D eigenvalue weighted by Crippen LogP contribution is -2.41. The molecular weight excluding hydrogens is 252 g/mol. The second-order valence-electron chi connectivity index (χ2n) is 5.87. The van der Waals surface area contributed by atoms with Crippen molar-refractivity contribution < 1.29 is 4.79 Å². The van der Waals surface area contributed by atoms with E-state index in [1.54, 1.807) is 12.4 Å². The number of rotatable bonds is 4. The predicted molar refractivity (Wildman–Crippen MR) is 77.3 cm³/mol. The summed E-state index contributed by atoms with van der Waals surface area (Å²) in [5, 5.41) is 3.12. The first-order chi connectivity index (χ1) is 9.83. The van der Waals surface area contributed by atoms with Crippen LogP contribution >= 0.6 is 0 Å². The van der Waals surface area contributed by atoms with Crippen molar-refractivity contribution in [2.24, 2.45) is 11.8 Å². The molecule has 1 saturated heterocycles. The Balaban J connectivity index is 1.41. The number of anilines is 1. The van der Waals surface area contributed by atoms with Gasteiger partial charge in [0.05, 0.1) is 6.20 Å². The summed E-state index contributed by atoms with van der Waals surface area (Å²) < 4.78 is 0. The van der Waals surface area contributed by atoms with Crippen molar-refractivity contribution in [1.29, 1.82) is 0 Å². The molecule has 1 aromatic heterocycles. The van der Waals surface area contributed by atoms with Gasteiger partial charge in [-0.3, -0.25) is 9.78 Å². The molecule has 20 heavy (non-hydrogen) atoms. The molecule has 0 atom stereocenters. The van der Waals surface area contributed by atoms with Crippen LogP contribution in [0.2, 0.25) is 0 Å². The van der Waals surface area contributed by atoms with Crippen LogP contribution in [-0.2, 0) is 4.79 Å². The molecule has 0 spiro atoms. The minimum absolute atomic E-state index is 0.271. The summed E-state index contributed by atoms with van der Waals surface area (Å²) in [5.74, 6) is 2.14. The van der Waals surface area contributed by atoms with Crippen molar-refractivity contribution in [2.75, 3.05) is 24.5 Å². The van der Waals surface area contributed by atoms with E-state index in [1.165, 1.54) is 6.42 Å². The SMILES string of the molecule is O=C(NCC1CCN(c2cnccn2)CC1)C1CCC1. The van der Waals surface area contributed by atoms with Gasteiger partial charge in [0.2, 0.25) is 5.91 Å². The number of piperidine rings is 1. The van der Waals surface area contributed by atoms with Crippen LogP contribution in [0.3, 0.4) is 0 Å².